The lowest BCUT2D eigenvalue weighted by Gasteiger charge is -2.33. The molecule has 0 aliphatic carbocycles. The van der Waals surface area contributed by atoms with Crippen molar-refractivity contribution in [3.63, 3.8) is 0 Å². The van der Waals surface area contributed by atoms with Crippen molar-refractivity contribution in [2.24, 2.45) is 5.73 Å². The van der Waals surface area contributed by atoms with Gasteiger partial charge in [-0.2, -0.15) is 0 Å². The second-order valence-electron chi connectivity index (χ2n) is 7.82. The number of ether oxygens (including phenoxy) is 1. The van der Waals surface area contributed by atoms with Gasteiger partial charge >= 0.3 is 0 Å². The Morgan fingerprint density at radius 2 is 1.76 bits per heavy atom. The lowest BCUT2D eigenvalue weighted by molar-refractivity contribution is 0.0984. The molecule has 1 saturated heterocycles. The number of carbonyl (C=O) groups excluding carboxylic acids is 2. The van der Waals surface area contributed by atoms with Crippen molar-refractivity contribution in [1.29, 1.82) is 0 Å². The first-order chi connectivity index (χ1) is 16.3. The number of hydrogen-bond donors (Lipinski definition) is 1. The molecule has 1 heterocycles. The van der Waals surface area contributed by atoms with Crippen molar-refractivity contribution in [2.75, 3.05) is 43.2 Å². The maximum atomic E-state index is 14.5. The molecule has 0 spiro atoms. The quantitative estimate of drug-likeness (QED) is 0.532. The SMILES string of the molecule is CN(C(=O)c1c(F)cccc1Cl)c1ccc(-c2cc(C(N)=O)ccc2Cl)cc1N1CCOCC1. The van der Waals surface area contributed by atoms with Crippen LogP contribution in [0.3, 0.4) is 0 Å². The minimum atomic E-state index is -0.691. The first-order valence-corrected chi connectivity index (χ1v) is 11.3. The average Bonchev–Trinajstić information content (AvgIpc) is 2.83. The number of benzene rings is 3. The van der Waals surface area contributed by atoms with E-state index >= 15 is 0 Å². The van der Waals surface area contributed by atoms with Gasteiger partial charge in [-0.1, -0.05) is 35.3 Å². The summed E-state index contributed by atoms with van der Waals surface area (Å²) in [6.45, 7) is 2.26. The highest BCUT2D eigenvalue weighted by Gasteiger charge is 2.25. The van der Waals surface area contributed by atoms with E-state index in [4.69, 9.17) is 33.7 Å². The predicted molar refractivity (Wildman–Crippen MR) is 133 cm³/mol. The van der Waals surface area contributed by atoms with Gasteiger partial charge in [-0.05, 0) is 48.0 Å². The number of primary amides is 1. The zero-order valence-corrected chi connectivity index (χ0v) is 19.9. The highest BCUT2D eigenvalue weighted by Crippen LogP contribution is 2.38. The van der Waals surface area contributed by atoms with Gasteiger partial charge in [0.1, 0.15) is 5.82 Å². The molecule has 0 radical (unpaired) electrons. The van der Waals surface area contributed by atoms with Gasteiger partial charge in [-0.15, -0.1) is 0 Å². The Labute approximate surface area is 206 Å². The summed E-state index contributed by atoms with van der Waals surface area (Å²) in [5, 5.41) is 0.490. The lowest BCUT2D eigenvalue weighted by Crippen LogP contribution is -2.38. The number of nitrogens with zero attached hydrogens (tertiary/aromatic N) is 2. The highest BCUT2D eigenvalue weighted by atomic mass is 35.5. The van der Waals surface area contributed by atoms with Crippen LogP contribution in [0.25, 0.3) is 11.1 Å². The fourth-order valence-electron chi connectivity index (χ4n) is 3.91. The maximum absolute atomic E-state index is 14.5. The Hall–Kier alpha value is -3.13. The van der Waals surface area contributed by atoms with Crippen LogP contribution in [-0.4, -0.2) is 45.2 Å². The largest absolute Gasteiger partial charge is 0.378 e. The van der Waals surface area contributed by atoms with Gasteiger partial charge in [0.15, 0.2) is 0 Å². The molecule has 0 bridgehead atoms. The number of carbonyl (C=O) groups is 2. The molecule has 4 rings (SSSR count). The molecular weight excluding hydrogens is 480 g/mol. The molecule has 176 valence electrons. The maximum Gasteiger partial charge on any atom is 0.262 e. The van der Waals surface area contributed by atoms with Crippen LogP contribution in [0.4, 0.5) is 15.8 Å². The van der Waals surface area contributed by atoms with Crippen molar-refractivity contribution in [2.45, 2.75) is 0 Å². The molecule has 1 aliphatic heterocycles. The molecule has 34 heavy (non-hydrogen) atoms. The Bertz CT molecular complexity index is 1240. The van der Waals surface area contributed by atoms with E-state index in [0.717, 1.165) is 11.3 Å². The molecule has 1 fully saturated rings. The Balaban J connectivity index is 1.81. The summed E-state index contributed by atoms with van der Waals surface area (Å²) in [6.07, 6.45) is 0. The lowest BCUT2D eigenvalue weighted by atomic mass is 10.0. The van der Waals surface area contributed by atoms with Crippen LogP contribution in [0, 0.1) is 5.82 Å². The van der Waals surface area contributed by atoms with Crippen LogP contribution < -0.4 is 15.5 Å². The smallest absolute Gasteiger partial charge is 0.262 e. The van der Waals surface area contributed by atoms with E-state index in [1.807, 2.05) is 6.07 Å². The van der Waals surface area contributed by atoms with Gasteiger partial charge in [-0.25, -0.2) is 4.39 Å². The summed E-state index contributed by atoms with van der Waals surface area (Å²) in [6, 6.07) is 14.4. The van der Waals surface area contributed by atoms with E-state index in [9.17, 15) is 14.0 Å². The van der Waals surface area contributed by atoms with Crippen LogP contribution in [-0.2, 0) is 4.74 Å². The van der Waals surface area contributed by atoms with Crippen molar-refractivity contribution in [3.8, 4) is 11.1 Å². The minimum absolute atomic E-state index is 0.0384. The molecule has 0 unspecified atom stereocenters. The van der Waals surface area contributed by atoms with Gasteiger partial charge in [0, 0.05) is 36.3 Å². The average molecular weight is 502 g/mol. The van der Waals surface area contributed by atoms with Crippen molar-refractivity contribution in [3.05, 3.63) is 81.6 Å². The van der Waals surface area contributed by atoms with E-state index in [1.54, 1.807) is 37.4 Å². The Morgan fingerprint density at radius 1 is 1.03 bits per heavy atom. The summed E-state index contributed by atoms with van der Waals surface area (Å²) in [5.41, 5.74) is 8.26. The summed E-state index contributed by atoms with van der Waals surface area (Å²) in [7, 11) is 1.57. The van der Waals surface area contributed by atoms with Crippen molar-refractivity contribution in [1.82, 2.24) is 0 Å². The van der Waals surface area contributed by atoms with Crippen LogP contribution in [0.15, 0.2) is 54.6 Å². The number of morpholine rings is 1. The number of rotatable bonds is 5. The van der Waals surface area contributed by atoms with Crippen molar-refractivity contribution < 1.29 is 18.7 Å². The molecule has 9 heteroatoms. The molecule has 0 atom stereocenters. The van der Waals surface area contributed by atoms with Gasteiger partial charge in [0.25, 0.3) is 5.91 Å². The van der Waals surface area contributed by atoms with Gasteiger partial charge in [-0.3, -0.25) is 9.59 Å². The summed E-state index contributed by atoms with van der Waals surface area (Å²) >= 11 is 12.6. The molecule has 2 N–H and O–H groups in total. The second-order valence-corrected chi connectivity index (χ2v) is 8.64. The first-order valence-electron chi connectivity index (χ1n) is 10.6. The molecule has 3 aromatic carbocycles. The third-order valence-electron chi connectivity index (χ3n) is 5.73. The number of amides is 2. The normalized spacial score (nSPS) is 13.6. The Morgan fingerprint density at radius 3 is 2.44 bits per heavy atom. The summed E-state index contributed by atoms with van der Waals surface area (Å²) in [4.78, 5) is 28.4. The standard InChI is InChI=1S/C25H22Cl2FN3O3/c1-30(25(33)23-19(27)3-2-4-20(23)28)21-8-6-15(14-22(21)31-9-11-34-12-10-31)17-13-16(24(29)32)5-7-18(17)26/h2-8,13-14H,9-12H2,1H3,(H2,29,32). The Kier molecular flexibility index (Phi) is 7.07. The number of anilines is 2. The van der Waals surface area contributed by atoms with Crippen LogP contribution in [0.2, 0.25) is 10.0 Å². The van der Waals surface area contributed by atoms with Gasteiger partial charge in [0.2, 0.25) is 5.91 Å². The van der Waals surface area contributed by atoms with E-state index in [0.29, 0.717) is 48.1 Å². The van der Waals surface area contributed by atoms with E-state index in [2.05, 4.69) is 4.90 Å². The molecule has 2 amide bonds. The minimum Gasteiger partial charge on any atom is -0.378 e. The second kappa shape index (κ2) is 10.0. The summed E-state index contributed by atoms with van der Waals surface area (Å²) < 4.78 is 19.9. The topological polar surface area (TPSA) is 75.9 Å². The van der Waals surface area contributed by atoms with Crippen LogP contribution in [0.1, 0.15) is 20.7 Å². The number of halogens is 3. The van der Waals surface area contributed by atoms with E-state index in [-0.39, 0.29) is 10.6 Å². The number of hydrogen-bond acceptors (Lipinski definition) is 4. The van der Waals surface area contributed by atoms with Gasteiger partial charge < -0.3 is 20.3 Å². The third-order valence-corrected chi connectivity index (χ3v) is 6.38. The van der Waals surface area contributed by atoms with Crippen LogP contribution in [0.5, 0.6) is 0 Å². The monoisotopic (exact) mass is 501 g/mol. The van der Waals surface area contributed by atoms with Gasteiger partial charge in [0.05, 0.1) is 35.2 Å². The summed E-state index contributed by atoms with van der Waals surface area (Å²) in [5.74, 6) is -1.82. The molecular formula is C25H22Cl2FN3O3. The zero-order valence-electron chi connectivity index (χ0n) is 18.4. The molecule has 0 saturated carbocycles. The fraction of sp³-hybridized carbons (Fsp3) is 0.200. The highest BCUT2D eigenvalue weighted by molar-refractivity contribution is 6.35. The van der Waals surface area contributed by atoms with Crippen LogP contribution >= 0.6 is 23.2 Å². The van der Waals surface area contributed by atoms with E-state index < -0.39 is 17.6 Å². The van der Waals surface area contributed by atoms with Crippen molar-refractivity contribution >= 4 is 46.4 Å². The van der Waals surface area contributed by atoms with E-state index in [1.165, 1.54) is 23.1 Å². The molecule has 6 nitrogen and oxygen atoms in total. The fourth-order valence-corrected chi connectivity index (χ4v) is 4.38. The predicted octanol–water partition coefficient (Wildman–Crippen LogP) is 5.01. The third kappa shape index (κ3) is 4.73. The molecule has 1 aliphatic rings. The first kappa shape index (κ1) is 24.0. The molecule has 3 aromatic rings. The zero-order chi connectivity index (χ0) is 24.4. The molecule has 0 aromatic heterocycles. The number of nitrogens with two attached hydrogens (primary N) is 1.